The number of hydrogen-bond acceptors (Lipinski definition) is 14. The number of carbonyl (C=O) groups excluding carboxylic acids is 6. The summed E-state index contributed by atoms with van der Waals surface area (Å²) in [5.74, 6) is -1.44. The second-order valence-electron chi connectivity index (χ2n) is 19.8. The number of carbonyl (C=O) groups is 6. The van der Waals surface area contributed by atoms with Gasteiger partial charge in [0.25, 0.3) is 0 Å². The van der Waals surface area contributed by atoms with Crippen LogP contribution in [0.5, 0.6) is 0 Å². The van der Waals surface area contributed by atoms with E-state index in [-0.39, 0.29) is 49.4 Å². The van der Waals surface area contributed by atoms with Crippen molar-refractivity contribution in [3.05, 3.63) is 24.3 Å². The van der Waals surface area contributed by atoms with Crippen molar-refractivity contribution < 1.29 is 57.9 Å². The van der Waals surface area contributed by atoms with Gasteiger partial charge in [-0.15, -0.1) is 0 Å². The molecule has 16 nitrogen and oxygen atoms in total. The van der Waals surface area contributed by atoms with Crippen molar-refractivity contribution in [3.8, 4) is 0 Å². The molecule has 0 aromatic carbocycles. The summed E-state index contributed by atoms with van der Waals surface area (Å²) in [5, 5.41) is 27.5. The van der Waals surface area contributed by atoms with E-state index in [9.17, 15) is 39.0 Å². The first-order valence-electron chi connectivity index (χ1n) is 29.0. The van der Waals surface area contributed by atoms with E-state index in [1.807, 2.05) is 40.1 Å². The van der Waals surface area contributed by atoms with Crippen LogP contribution < -0.4 is 10.6 Å². The number of ether oxygens (including phenoxy) is 4. The minimum atomic E-state index is -0.784. The summed E-state index contributed by atoms with van der Waals surface area (Å²) >= 11 is 0. The average Bonchev–Trinajstić information content (AvgIpc) is 3.37. The molecule has 0 aliphatic rings. The zero-order chi connectivity index (χ0) is 54.9. The van der Waals surface area contributed by atoms with Crippen LogP contribution in [0.15, 0.2) is 24.3 Å². The summed E-state index contributed by atoms with van der Waals surface area (Å²) in [6, 6.07) is 0. The van der Waals surface area contributed by atoms with Crippen LogP contribution in [0.2, 0.25) is 0 Å². The summed E-state index contributed by atoms with van der Waals surface area (Å²) in [5.41, 5.74) is 0. The third kappa shape index (κ3) is 44.4. The van der Waals surface area contributed by atoms with Crippen LogP contribution in [0.1, 0.15) is 220 Å². The fourth-order valence-corrected chi connectivity index (χ4v) is 7.90. The number of rotatable bonds is 51. The molecule has 0 aliphatic heterocycles. The fraction of sp³-hybridized carbons (Fsp3) is 0.828. The lowest BCUT2D eigenvalue weighted by Gasteiger charge is -2.22. The molecule has 16 heteroatoms. The van der Waals surface area contributed by atoms with Gasteiger partial charge in [0, 0.05) is 64.7 Å². The zero-order valence-corrected chi connectivity index (χ0v) is 47.4. The van der Waals surface area contributed by atoms with Gasteiger partial charge in [0.15, 0.2) is 0 Å². The molecule has 0 radical (unpaired) electrons. The largest absolute Gasteiger partial charge is 0.464 e. The van der Waals surface area contributed by atoms with Crippen LogP contribution in [-0.2, 0) is 47.7 Å². The molecule has 0 aromatic rings. The van der Waals surface area contributed by atoms with Gasteiger partial charge in [-0.2, -0.15) is 0 Å². The van der Waals surface area contributed by atoms with E-state index in [2.05, 4.69) is 46.4 Å². The Kier molecular flexibility index (Phi) is 47.4. The van der Waals surface area contributed by atoms with Crippen molar-refractivity contribution in [1.29, 1.82) is 0 Å². The van der Waals surface area contributed by atoms with Gasteiger partial charge < -0.3 is 49.6 Å². The molecule has 4 N–H and O–H groups in total. The monoisotopic (exact) mass is 1050 g/mol. The number of nitrogens with one attached hydrogen (secondary N) is 2. The summed E-state index contributed by atoms with van der Waals surface area (Å²) in [6.45, 7) is 12.9. The van der Waals surface area contributed by atoms with E-state index in [0.717, 1.165) is 129 Å². The van der Waals surface area contributed by atoms with Gasteiger partial charge in [0.1, 0.15) is 25.4 Å². The summed E-state index contributed by atoms with van der Waals surface area (Å²) < 4.78 is 21.8. The maximum Gasteiger partial charge on any atom is 0.306 e. The van der Waals surface area contributed by atoms with Gasteiger partial charge in [-0.3, -0.25) is 28.8 Å². The Hall–Kier alpha value is -3.86. The molecule has 74 heavy (non-hydrogen) atoms. The summed E-state index contributed by atoms with van der Waals surface area (Å²) in [4.78, 5) is 77.8. The number of allylic oxidation sites excluding steroid dienone is 2. The SMILES string of the molecule is CCCCCC(OC(=O)CCCC(=O)OCCN(C)CC)C(O)CC=CCCCCCCCC(=O)NCCNC(=O)CCCCCCCC=CCC(O)C(CCCCC)OC(=O)CCCC(=O)OCCN(C)CC. The van der Waals surface area contributed by atoms with Gasteiger partial charge in [0.05, 0.1) is 12.2 Å². The normalized spacial score (nSPS) is 13.3. The number of amides is 2. The standard InChI is InChI=1S/C58H106N4O12/c1-7-11-25-35-51(73-57(69)41-31-39-55(67)71-47-45-61(5)9-3)49(63)33-27-21-17-13-15-19-23-29-37-53(65)59-43-44-60-54(66)38-30-24-20-16-14-18-22-28-34-50(64)52(36-26-12-8-2)74-58(70)42-32-40-56(68)72-48-46-62(6)10-4/h21-22,27-28,49-52,63-64H,7-20,23-26,29-48H2,1-6H3,(H,59,65)(H,60,66). The first-order chi connectivity index (χ1) is 35.8. The predicted molar refractivity (Wildman–Crippen MR) is 294 cm³/mol. The minimum Gasteiger partial charge on any atom is -0.464 e. The number of unbranched alkanes of at least 4 members (excludes halogenated alkanes) is 14. The molecule has 4 atom stereocenters. The van der Waals surface area contributed by atoms with Gasteiger partial charge in [0.2, 0.25) is 11.8 Å². The van der Waals surface area contributed by atoms with E-state index in [4.69, 9.17) is 18.9 Å². The molecule has 0 spiro atoms. The van der Waals surface area contributed by atoms with Crippen LogP contribution >= 0.6 is 0 Å². The number of hydrogen-bond donors (Lipinski definition) is 4. The first kappa shape index (κ1) is 70.1. The summed E-state index contributed by atoms with van der Waals surface area (Å²) in [6.07, 6.45) is 26.9. The highest BCUT2D eigenvalue weighted by atomic mass is 16.6. The molecule has 4 unspecified atom stereocenters. The van der Waals surface area contributed by atoms with Crippen LogP contribution in [0, 0.1) is 0 Å². The number of aliphatic hydroxyl groups excluding tert-OH is 2. The molecule has 0 saturated heterocycles. The van der Waals surface area contributed by atoms with E-state index in [1.54, 1.807) is 0 Å². The lowest BCUT2D eigenvalue weighted by Crippen LogP contribution is -2.34. The molecule has 2 amide bonds. The molecule has 0 heterocycles. The Labute approximate surface area is 448 Å². The van der Waals surface area contributed by atoms with Crippen molar-refractivity contribution in [1.82, 2.24) is 20.4 Å². The molecule has 0 fully saturated rings. The second kappa shape index (κ2) is 50.0. The van der Waals surface area contributed by atoms with E-state index in [1.165, 1.54) is 0 Å². The third-order valence-corrected chi connectivity index (χ3v) is 13.1. The molecule has 0 rings (SSSR count). The smallest absolute Gasteiger partial charge is 0.306 e. The second-order valence-corrected chi connectivity index (χ2v) is 19.8. The van der Waals surface area contributed by atoms with Gasteiger partial charge in [-0.05, 0) is 117 Å². The third-order valence-electron chi connectivity index (χ3n) is 13.1. The number of likely N-dealkylation sites (N-methyl/N-ethyl adjacent to an activating group) is 2. The van der Waals surface area contributed by atoms with Crippen LogP contribution in [0.3, 0.4) is 0 Å². The average molecular weight is 1050 g/mol. The number of nitrogens with zero attached hydrogens (tertiary/aromatic N) is 2. The van der Waals surface area contributed by atoms with Crippen molar-refractivity contribution in [2.75, 3.05) is 66.6 Å². The van der Waals surface area contributed by atoms with Crippen LogP contribution in [0.25, 0.3) is 0 Å². The Balaban J connectivity index is 4.07. The maximum atomic E-state index is 12.6. The highest BCUT2D eigenvalue weighted by Gasteiger charge is 2.24. The van der Waals surface area contributed by atoms with Crippen LogP contribution in [0.4, 0.5) is 0 Å². The van der Waals surface area contributed by atoms with E-state index < -0.39 is 36.4 Å². The minimum absolute atomic E-state index is 0.000687. The molecule has 430 valence electrons. The van der Waals surface area contributed by atoms with Gasteiger partial charge in [-0.25, -0.2) is 0 Å². The fourth-order valence-electron chi connectivity index (χ4n) is 7.90. The Morgan fingerprint density at radius 3 is 1.19 bits per heavy atom. The summed E-state index contributed by atoms with van der Waals surface area (Å²) in [7, 11) is 3.92. The lowest BCUT2D eigenvalue weighted by atomic mass is 10.0. The van der Waals surface area contributed by atoms with E-state index in [0.29, 0.717) is 90.8 Å². The Morgan fingerprint density at radius 1 is 0.446 bits per heavy atom. The molecule has 0 aliphatic carbocycles. The van der Waals surface area contributed by atoms with E-state index >= 15 is 0 Å². The highest BCUT2D eigenvalue weighted by molar-refractivity contribution is 5.77. The van der Waals surface area contributed by atoms with Crippen molar-refractivity contribution in [3.63, 3.8) is 0 Å². The molecule has 0 saturated carbocycles. The topological polar surface area (TPSA) is 210 Å². The van der Waals surface area contributed by atoms with Gasteiger partial charge in [-0.1, -0.05) is 116 Å². The van der Waals surface area contributed by atoms with Gasteiger partial charge >= 0.3 is 23.9 Å². The first-order valence-corrected chi connectivity index (χ1v) is 29.0. The molecular weight excluding hydrogens is 945 g/mol. The zero-order valence-electron chi connectivity index (χ0n) is 47.4. The predicted octanol–water partition coefficient (Wildman–Crippen LogP) is 9.61. The van der Waals surface area contributed by atoms with Crippen molar-refractivity contribution >= 4 is 35.7 Å². The molecular formula is C58H106N4O12. The highest BCUT2D eigenvalue weighted by Crippen LogP contribution is 2.18. The maximum absolute atomic E-state index is 12.6. The lowest BCUT2D eigenvalue weighted by molar-refractivity contribution is -0.157. The van der Waals surface area contributed by atoms with Crippen LogP contribution in [-0.4, -0.2) is 147 Å². The molecule has 0 aromatic heterocycles. The van der Waals surface area contributed by atoms with Crippen molar-refractivity contribution in [2.24, 2.45) is 0 Å². The number of aliphatic hydroxyl groups is 2. The Morgan fingerprint density at radius 2 is 0.811 bits per heavy atom. The number of esters is 4. The van der Waals surface area contributed by atoms with Crippen molar-refractivity contribution in [2.45, 2.75) is 245 Å². The quantitative estimate of drug-likeness (QED) is 0.0194. The Bertz CT molecular complexity index is 1390. The molecule has 0 bridgehead atoms.